The van der Waals surface area contributed by atoms with Crippen molar-refractivity contribution in [3.63, 3.8) is 0 Å². The van der Waals surface area contributed by atoms with Gasteiger partial charge in [0.15, 0.2) is 12.3 Å². The summed E-state index contributed by atoms with van der Waals surface area (Å²) in [6.45, 7) is 15.9. The molecule has 0 fully saturated rings. The normalized spacial score (nSPS) is 18.2. The van der Waals surface area contributed by atoms with Gasteiger partial charge in [-0.3, -0.25) is 4.90 Å². The van der Waals surface area contributed by atoms with Gasteiger partial charge in [-0.2, -0.15) is 0 Å². The van der Waals surface area contributed by atoms with Crippen LogP contribution in [-0.4, -0.2) is 50.1 Å². The van der Waals surface area contributed by atoms with Gasteiger partial charge in [-0.25, -0.2) is 4.79 Å². The quantitative estimate of drug-likeness (QED) is 0.365. The van der Waals surface area contributed by atoms with Gasteiger partial charge in [-0.1, -0.05) is 39.5 Å². The molecule has 27 heavy (non-hydrogen) atoms. The summed E-state index contributed by atoms with van der Waals surface area (Å²) in [5, 5.41) is 2.15. The summed E-state index contributed by atoms with van der Waals surface area (Å²) >= 11 is 6.72. The number of hydrogen-bond acceptors (Lipinski definition) is 5. The molecule has 1 aromatic heterocycles. The molecule has 0 spiro atoms. The van der Waals surface area contributed by atoms with Crippen LogP contribution in [-0.2, 0) is 9.16 Å². The summed E-state index contributed by atoms with van der Waals surface area (Å²) in [5.41, 5.74) is 2.19. The number of ether oxygens (including phenoxy) is 1. The molecule has 0 saturated heterocycles. The Morgan fingerprint density at radius 3 is 2.78 bits per heavy atom. The van der Waals surface area contributed by atoms with Crippen LogP contribution in [0.25, 0.3) is 5.57 Å². The topological polar surface area (TPSA) is 54.6 Å². The highest BCUT2D eigenvalue weighted by Crippen LogP contribution is 2.37. The van der Waals surface area contributed by atoms with Crippen LogP contribution in [0.4, 0.5) is 4.79 Å². The van der Waals surface area contributed by atoms with Crippen molar-refractivity contribution >= 4 is 43.5 Å². The molecule has 2 rings (SSSR count). The highest BCUT2D eigenvalue weighted by molar-refractivity contribution is 7.73. The van der Waals surface area contributed by atoms with Gasteiger partial charge in [0, 0.05) is 11.9 Å². The van der Waals surface area contributed by atoms with Crippen LogP contribution in [0, 0.1) is 3.95 Å². The first-order valence-corrected chi connectivity index (χ1v) is 13.3. The standard InChI is InChI=1S/C19H30N2O3S2Si/c1-7-10-23-18(22)21-9-8-14(16-13-26-17(25)20-16)11-15(21)12-24-27(5,6)19(2,3)4/h7-8,13,15H,1,9-12H2,2-6H3,(H,20,25)/t15-/m1/s1. The number of thiazole rings is 1. The minimum atomic E-state index is -1.91. The number of aromatic nitrogens is 1. The molecular weight excluding hydrogens is 396 g/mol. The molecular formula is C19H30N2O3S2Si. The second-order valence-electron chi connectivity index (χ2n) is 8.24. The van der Waals surface area contributed by atoms with Crippen molar-refractivity contribution in [2.75, 3.05) is 19.8 Å². The van der Waals surface area contributed by atoms with Crippen molar-refractivity contribution in [1.29, 1.82) is 0 Å². The summed E-state index contributed by atoms with van der Waals surface area (Å²) in [4.78, 5) is 17.5. The van der Waals surface area contributed by atoms with E-state index >= 15 is 0 Å². The van der Waals surface area contributed by atoms with Gasteiger partial charge < -0.3 is 14.1 Å². The Balaban J connectivity index is 2.18. The lowest BCUT2D eigenvalue weighted by molar-refractivity contribution is 0.0821. The van der Waals surface area contributed by atoms with Crippen molar-refractivity contribution in [3.05, 3.63) is 33.8 Å². The van der Waals surface area contributed by atoms with E-state index in [-0.39, 0.29) is 23.8 Å². The molecule has 150 valence electrons. The summed E-state index contributed by atoms with van der Waals surface area (Å²) in [5.74, 6) is 0. The summed E-state index contributed by atoms with van der Waals surface area (Å²) in [6, 6.07) is -0.0710. The van der Waals surface area contributed by atoms with Crippen molar-refractivity contribution in [3.8, 4) is 0 Å². The van der Waals surface area contributed by atoms with Crippen molar-refractivity contribution in [1.82, 2.24) is 9.88 Å². The minimum absolute atomic E-state index is 0.0710. The van der Waals surface area contributed by atoms with Crippen LogP contribution >= 0.6 is 23.6 Å². The number of aromatic amines is 1. The maximum absolute atomic E-state index is 12.5. The largest absolute Gasteiger partial charge is 0.445 e. The highest BCUT2D eigenvalue weighted by Gasteiger charge is 2.39. The highest BCUT2D eigenvalue weighted by atomic mass is 32.1. The van der Waals surface area contributed by atoms with Gasteiger partial charge >= 0.3 is 6.09 Å². The predicted octanol–water partition coefficient (Wildman–Crippen LogP) is 5.61. The number of nitrogens with zero attached hydrogens (tertiary/aromatic N) is 1. The fourth-order valence-electron chi connectivity index (χ4n) is 2.57. The number of H-pyrrole nitrogens is 1. The monoisotopic (exact) mass is 426 g/mol. The van der Waals surface area contributed by atoms with E-state index in [9.17, 15) is 4.79 Å². The number of carbonyl (C=O) groups is 1. The molecule has 0 unspecified atom stereocenters. The number of hydrogen-bond donors (Lipinski definition) is 1. The van der Waals surface area contributed by atoms with Crippen molar-refractivity contribution in [2.24, 2.45) is 0 Å². The Kier molecular flexibility index (Phi) is 7.24. The summed E-state index contributed by atoms with van der Waals surface area (Å²) < 4.78 is 12.5. The average Bonchev–Trinajstić information content (AvgIpc) is 3.03. The van der Waals surface area contributed by atoms with Crippen LogP contribution in [0.2, 0.25) is 18.1 Å². The first-order chi connectivity index (χ1) is 12.5. The third-order valence-electron chi connectivity index (χ3n) is 5.30. The molecule has 0 bridgehead atoms. The van der Waals surface area contributed by atoms with E-state index < -0.39 is 8.32 Å². The fourth-order valence-corrected chi connectivity index (χ4v) is 4.47. The zero-order valence-corrected chi connectivity index (χ0v) is 19.5. The molecule has 2 heterocycles. The average molecular weight is 427 g/mol. The third kappa shape index (κ3) is 5.63. The molecule has 0 aliphatic carbocycles. The Bertz CT molecular complexity index is 761. The maximum atomic E-state index is 12.5. The van der Waals surface area contributed by atoms with Gasteiger partial charge in [0.05, 0.1) is 18.3 Å². The van der Waals surface area contributed by atoms with E-state index in [0.717, 1.165) is 9.65 Å². The van der Waals surface area contributed by atoms with Gasteiger partial charge in [0.25, 0.3) is 0 Å². The zero-order chi connectivity index (χ0) is 20.2. The number of carbonyl (C=O) groups excluding carboxylic acids is 1. The SMILES string of the molecule is C=CCOC(=O)N1CC=C(c2csc(=S)[nH]2)C[C@@H]1CO[Si](C)(C)C(C)(C)C. The summed E-state index contributed by atoms with van der Waals surface area (Å²) in [6.07, 6.45) is 4.02. The molecule has 1 aromatic rings. The second kappa shape index (κ2) is 8.85. The van der Waals surface area contributed by atoms with Crippen molar-refractivity contribution in [2.45, 2.75) is 51.4 Å². The third-order valence-corrected chi connectivity index (χ3v) is 10.9. The van der Waals surface area contributed by atoms with Crippen LogP contribution in [0.3, 0.4) is 0 Å². The zero-order valence-electron chi connectivity index (χ0n) is 16.8. The Morgan fingerprint density at radius 1 is 1.52 bits per heavy atom. The van der Waals surface area contributed by atoms with Crippen LogP contribution in [0.5, 0.6) is 0 Å². The molecule has 0 radical (unpaired) electrons. The molecule has 1 aliphatic heterocycles. The van der Waals surface area contributed by atoms with Crippen LogP contribution in [0.1, 0.15) is 32.9 Å². The maximum Gasteiger partial charge on any atom is 0.410 e. The van der Waals surface area contributed by atoms with E-state index in [0.29, 0.717) is 19.6 Å². The fraction of sp³-hybridized carbons (Fsp3) is 0.579. The molecule has 5 nitrogen and oxygen atoms in total. The number of rotatable bonds is 6. The Morgan fingerprint density at radius 2 is 2.22 bits per heavy atom. The van der Waals surface area contributed by atoms with Gasteiger partial charge in [-0.05, 0) is 42.3 Å². The molecule has 1 N–H and O–H groups in total. The Hall–Kier alpha value is -1.22. The molecule has 1 atom stereocenters. The van der Waals surface area contributed by atoms with Crippen LogP contribution in [0.15, 0.2) is 24.1 Å². The van der Waals surface area contributed by atoms with Crippen molar-refractivity contribution < 1.29 is 14.0 Å². The first kappa shape index (κ1) is 22.1. The minimum Gasteiger partial charge on any atom is -0.445 e. The van der Waals surface area contributed by atoms with Gasteiger partial charge in [0.1, 0.15) is 6.61 Å². The predicted molar refractivity (Wildman–Crippen MR) is 117 cm³/mol. The number of nitrogens with one attached hydrogen (secondary N) is 1. The lowest BCUT2D eigenvalue weighted by Gasteiger charge is -2.40. The second-order valence-corrected chi connectivity index (χ2v) is 14.6. The molecule has 8 heteroatoms. The lowest BCUT2D eigenvalue weighted by atomic mass is 9.99. The van der Waals surface area contributed by atoms with E-state index in [1.54, 1.807) is 11.0 Å². The Labute approximate surface area is 172 Å². The van der Waals surface area contributed by atoms with E-state index in [4.69, 9.17) is 21.4 Å². The van der Waals surface area contributed by atoms with Crippen LogP contribution < -0.4 is 0 Å². The molecule has 1 aliphatic rings. The first-order valence-electron chi connectivity index (χ1n) is 9.10. The molecule has 0 saturated carbocycles. The van der Waals surface area contributed by atoms with E-state index in [1.165, 1.54) is 16.9 Å². The summed E-state index contributed by atoms with van der Waals surface area (Å²) in [7, 11) is -1.91. The van der Waals surface area contributed by atoms with Gasteiger partial charge in [-0.15, -0.1) is 11.3 Å². The molecule has 0 aromatic carbocycles. The lowest BCUT2D eigenvalue weighted by Crippen LogP contribution is -2.49. The van der Waals surface area contributed by atoms with E-state index in [1.807, 2.05) is 5.38 Å². The number of amides is 1. The van der Waals surface area contributed by atoms with E-state index in [2.05, 4.69) is 51.5 Å². The smallest absolute Gasteiger partial charge is 0.410 e. The van der Waals surface area contributed by atoms with Gasteiger partial charge in [0.2, 0.25) is 0 Å². The molecule has 1 amide bonds.